The van der Waals surface area contributed by atoms with Crippen LogP contribution in [0.2, 0.25) is 0 Å². The average molecular weight is 405 g/mol. The minimum atomic E-state index is -2.17. The zero-order chi connectivity index (χ0) is 21.1. The van der Waals surface area contributed by atoms with Crippen LogP contribution in [0, 0.1) is 30.5 Å². The van der Waals surface area contributed by atoms with Crippen LogP contribution in [-0.2, 0) is 6.54 Å². The van der Waals surface area contributed by atoms with E-state index >= 15 is 0 Å². The third-order valence-corrected chi connectivity index (χ3v) is 4.38. The number of urea groups is 1. The molecule has 154 valence electrons. The predicted molar refractivity (Wildman–Crippen MR) is 104 cm³/mol. The van der Waals surface area contributed by atoms with Gasteiger partial charge in [-0.15, -0.1) is 0 Å². The first kappa shape index (κ1) is 20.6. The van der Waals surface area contributed by atoms with Crippen molar-refractivity contribution in [1.82, 2.24) is 15.1 Å². The molecule has 29 heavy (non-hydrogen) atoms. The standard InChI is InChI=1S/C18H18FN5O.C2H4F2/c1-10-6-17(20)23-24(10)9-12-7-16-13(8-14(12)19)15(21-18(25)22-16)5-4-11-2-3-11;1-2(3)4/h6-8,11,15H,2-3,9H2,1H3,(H2,20,23)(H2,21,22,25);2H,1H3/t15-;/m0./s1. The maximum atomic E-state index is 14.6. The average Bonchev–Trinajstić information content (AvgIpc) is 3.38. The molecule has 0 bridgehead atoms. The maximum absolute atomic E-state index is 14.6. The van der Waals surface area contributed by atoms with E-state index in [1.54, 1.807) is 16.8 Å². The van der Waals surface area contributed by atoms with Crippen molar-refractivity contribution in [3.63, 3.8) is 0 Å². The first-order valence-corrected chi connectivity index (χ1v) is 9.22. The highest BCUT2D eigenvalue weighted by atomic mass is 19.3. The topological polar surface area (TPSA) is 85.0 Å². The van der Waals surface area contributed by atoms with Gasteiger partial charge in [-0.1, -0.05) is 11.8 Å². The monoisotopic (exact) mass is 405 g/mol. The third-order valence-electron chi connectivity index (χ3n) is 4.38. The summed E-state index contributed by atoms with van der Waals surface area (Å²) in [6.07, 6.45) is 0.0247. The molecule has 1 saturated carbocycles. The molecule has 4 N–H and O–H groups in total. The summed E-state index contributed by atoms with van der Waals surface area (Å²) < 4.78 is 36.9. The van der Waals surface area contributed by atoms with Gasteiger partial charge in [-0.25, -0.2) is 18.0 Å². The number of amides is 2. The second kappa shape index (κ2) is 8.47. The van der Waals surface area contributed by atoms with Gasteiger partial charge in [-0.3, -0.25) is 4.68 Å². The number of nitrogens with two attached hydrogens (primary N) is 1. The molecular weight excluding hydrogens is 383 g/mol. The van der Waals surface area contributed by atoms with Gasteiger partial charge in [0, 0.05) is 34.5 Å². The summed E-state index contributed by atoms with van der Waals surface area (Å²) in [4.78, 5) is 11.9. The maximum Gasteiger partial charge on any atom is 0.320 e. The smallest absolute Gasteiger partial charge is 0.320 e. The van der Waals surface area contributed by atoms with Crippen LogP contribution in [0.15, 0.2) is 18.2 Å². The van der Waals surface area contributed by atoms with Crippen LogP contribution < -0.4 is 16.4 Å². The van der Waals surface area contributed by atoms with E-state index in [1.165, 1.54) is 6.07 Å². The van der Waals surface area contributed by atoms with Crippen LogP contribution in [-0.4, -0.2) is 22.2 Å². The number of carbonyl (C=O) groups excluding carboxylic acids is 1. The van der Waals surface area contributed by atoms with Gasteiger partial charge in [0.15, 0.2) is 0 Å². The molecule has 2 heterocycles. The highest BCUT2D eigenvalue weighted by molar-refractivity contribution is 5.93. The highest BCUT2D eigenvalue weighted by Gasteiger charge is 2.26. The lowest BCUT2D eigenvalue weighted by Crippen LogP contribution is -2.37. The Morgan fingerprint density at radius 3 is 2.59 bits per heavy atom. The minimum Gasteiger partial charge on any atom is -0.382 e. The summed E-state index contributed by atoms with van der Waals surface area (Å²) in [5.74, 6) is 6.63. The fourth-order valence-corrected chi connectivity index (χ4v) is 2.87. The molecule has 2 aromatic rings. The summed E-state index contributed by atoms with van der Waals surface area (Å²) in [6.45, 7) is 2.93. The number of aromatic nitrogens is 2. The summed E-state index contributed by atoms with van der Waals surface area (Å²) in [5, 5.41) is 9.62. The number of nitrogens with zero attached hydrogens (tertiary/aromatic N) is 2. The number of hydrogen-bond donors (Lipinski definition) is 3. The Balaban J connectivity index is 0.000000552. The number of hydrogen-bond acceptors (Lipinski definition) is 3. The van der Waals surface area contributed by atoms with Gasteiger partial charge in [0.1, 0.15) is 17.7 Å². The zero-order valence-corrected chi connectivity index (χ0v) is 16.1. The lowest BCUT2D eigenvalue weighted by Gasteiger charge is -2.24. The minimum absolute atomic E-state index is 0.240. The fraction of sp³-hybridized carbons (Fsp3) is 0.400. The summed E-state index contributed by atoms with van der Waals surface area (Å²) in [5.41, 5.74) is 8.17. The van der Waals surface area contributed by atoms with Crippen LogP contribution in [0.1, 0.15) is 42.6 Å². The Kier molecular flexibility index (Phi) is 6.01. The number of alkyl halides is 2. The van der Waals surface area contributed by atoms with E-state index in [0.29, 0.717) is 28.6 Å². The zero-order valence-electron chi connectivity index (χ0n) is 16.1. The van der Waals surface area contributed by atoms with Crippen LogP contribution in [0.5, 0.6) is 0 Å². The van der Waals surface area contributed by atoms with Crippen LogP contribution in [0.25, 0.3) is 0 Å². The van der Waals surface area contributed by atoms with E-state index in [1.807, 2.05) is 6.92 Å². The predicted octanol–water partition coefficient (Wildman–Crippen LogP) is 3.82. The highest BCUT2D eigenvalue weighted by Crippen LogP contribution is 2.32. The normalized spacial score (nSPS) is 17.3. The molecule has 1 atom stereocenters. The Morgan fingerprint density at radius 2 is 2.00 bits per heavy atom. The number of nitrogen functional groups attached to an aromatic ring is 1. The van der Waals surface area contributed by atoms with Gasteiger partial charge in [0.05, 0.1) is 6.54 Å². The molecule has 0 unspecified atom stereocenters. The van der Waals surface area contributed by atoms with Gasteiger partial charge < -0.3 is 16.4 Å². The summed E-state index contributed by atoms with van der Waals surface area (Å²) >= 11 is 0. The SMILES string of the molecule is CC(F)F.Cc1cc(N)nn1Cc1cc2c(cc1F)[C@H](C#CC1CC1)NC(=O)N2. The van der Waals surface area contributed by atoms with Crippen LogP contribution in [0.4, 0.5) is 29.5 Å². The third kappa shape index (κ3) is 5.44. The number of nitrogens with one attached hydrogen (secondary N) is 2. The number of carbonyl (C=O) groups is 1. The first-order chi connectivity index (χ1) is 13.7. The van der Waals surface area contributed by atoms with Gasteiger partial charge >= 0.3 is 6.03 Å². The molecule has 1 aromatic carbocycles. The molecule has 4 rings (SSSR count). The van der Waals surface area contributed by atoms with E-state index in [2.05, 4.69) is 27.6 Å². The molecule has 9 heteroatoms. The number of benzene rings is 1. The molecule has 1 aliphatic heterocycles. The molecule has 2 amide bonds. The van der Waals surface area contributed by atoms with Gasteiger partial charge in [-0.05, 0) is 38.8 Å². The number of rotatable bonds is 2. The largest absolute Gasteiger partial charge is 0.382 e. The molecule has 2 aliphatic rings. The summed E-state index contributed by atoms with van der Waals surface area (Å²) in [6, 6.07) is 3.98. The second-order valence-electron chi connectivity index (χ2n) is 7.01. The van der Waals surface area contributed by atoms with E-state index in [9.17, 15) is 18.0 Å². The fourth-order valence-electron chi connectivity index (χ4n) is 2.87. The molecule has 6 nitrogen and oxygen atoms in total. The van der Waals surface area contributed by atoms with Gasteiger partial charge in [0.2, 0.25) is 6.43 Å². The Morgan fingerprint density at radius 1 is 1.31 bits per heavy atom. The van der Waals surface area contributed by atoms with E-state index in [-0.39, 0.29) is 18.4 Å². The van der Waals surface area contributed by atoms with Crippen molar-refractivity contribution in [2.45, 2.75) is 45.7 Å². The van der Waals surface area contributed by atoms with E-state index in [0.717, 1.165) is 25.5 Å². The molecule has 0 radical (unpaired) electrons. The van der Waals surface area contributed by atoms with Crippen molar-refractivity contribution in [2.24, 2.45) is 5.92 Å². The van der Waals surface area contributed by atoms with Gasteiger partial charge in [-0.2, -0.15) is 5.10 Å². The molecule has 1 aromatic heterocycles. The number of halogens is 3. The molecule has 1 aliphatic carbocycles. The van der Waals surface area contributed by atoms with Crippen LogP contribution >= 0.6 is 0 Å². The van der Waals surface area contributed by atoms with E-state index < -0.39 is 12.5 Å². The Bertz CT molecular complexity index is 970. The molecule has 0 spiro atoms. The first-order valence-electron chi connectivity index (χ1n) is 9.22. The molecule has 0 saturated heterocycles. The summed E-state index contributed by atoms with van der Waals surface area (Å²) in [7, 11) is 0. The quantitative estimate of drug-likeness (QED) is 0.664. The van der Waals surface area contributed by atoms with Crippen molar-refractivity contribution in [3.05, 3.63) is 40.8 Å². The van der Waals surface area contributed by atoms with Crippen LogP contribution in [0.3, 0.4) is 0 Å². The van der Waals surface area contributed by atoms with Crippen molar-refractivity contribution in [2.75, 3.05) is 11.1 Å². The van der Waals surface area contributed by atoms with Gasteiger partial charge in [0.25, 0.3) is 0 Å². The number of anilines is 2. The number of aryl methyl sites for hydroxylation is 1. The lowest BCUT2D eigenvalue weighted by atomic mass is 9.99. The Labute approximate surface area is 166 Å². The Hall–Kier alpha value is -3.15. The van der Waals surface area contributed by atoms with Crippen molar-refractivity contribution in [3.8, 4) is 11.8 Å². The lowest BCUT2D eigenvalue weighted by molar-refractivity contribution is 0.171. The molecule has 1 fully saturated rings. The number of fused-ring (bicyclic) bond motifs is 1. The van der Waals surface area contributed by atoms with E-state index in [4.69, 9.17) is 5.73 Å². The van der Waals surface area contributed by atoms with Crippen molar-refractivity contribution < 1.29 is 18.0 Å². The van der Waals surface area contributed by atoms with Crippen molar-refractivity contribution >= 4 is 17.5 Å². The second-order valence-corrected chi connectivity index (χ2v) is 7.01. The molecular formula is C20H22F3N5O. The van der Waals surface area contributed by atoms with Crippen molar-refractivity contribution in [1.29, 1.82) is 0 Å².